The molecule has 0 saturated heterocycles. The van der Waals surface area contributed by atoms with E-state index in [0.717, 1.165) is 4.90 Å². The van der Waals surface area contributed by atoms with E-state index in [1.54, 1.807) is 13.3 Å². The van der Waals surface area contributed by atoms with Crippen molar-refractivity contribution < 1.29 is 23.4 Å². The normalized spacial score (nSPS) is 16.7. The second kappa shape index (κ2) is 8.25. The van der Waals surface area contributed by atoms with Crippen LogP contribution in [0.5, 0.6) is 5.88 Å². The van der Waals surface area contributed by atoms with Crippen molar-refractivity contribution in [3.63, 3.8) is 0 Å². The van der Waals surface area contributed by atoms with Gasteiger partial charge in [-0.15, -0.1) is 0 Å². The maximum absolute atomic E-state index is 13.5. The molecule has 1 N–H and O–H groups in total. The van der Waals surface area contributed by atoms with E-state index in [1.165, 1.54) is 28.8 Å². The molecule has 0 unspecified atom stereocenters. The molecule has 1 fully saturated rings. The zero-order valence-electron chi connectivity index (χ0n) is 15.4. The smallest absolute Gasteiger partial charge is 0.413 e. The summed E-state index contributed by atoms with van der Waals surface area (Å²) in [5.41, 5.74) is 0. The van der Waals surface area contributed by atoms with Gasteiger partial charge in [-0.25, -0.2) is 23.5 Å². The van der Waals surface area contributed by atoms with Gasteiger partial charge < -0.3 is 9.84 Å². The Labute approximate surface area is 164 Å². The second-order valence-corrected chi connectivity index (χ2v) is 7.19. The molecule has 0 atom stereocenters. The summed E-state index contributed by atoms with van der Waals surface area (Å²) >= 11 is 1.22. The highest BCUT2D eigenvalue weighted by molar-refractivity contribution is 7.98. The van der Waals surface area contributed by atoms with Crippen LogP contribution in [0.4, 0.5) is 19.4 Å². The van der Waals surface area contributed by atoms with E-state index in [-0.39, 0.29) is 44.0 Å². The van der Waals surface area contributed by atoms with Crippen LogP contribution in [-0.2, 0) is 13.7 Å². The molecule has 0 radical (unpaired) electrons. The summed E-state index contributed by atoms with van der Waals surface area (Å²) in [5, 5.41) is 14.1. The van der Waals surface area contributed by atoms with E-state index in [9.17, 15) is 18.7 Å². The van der Waals surface area contributed by atoms with Crippen LogP contribution >= 0.6 is 11.8 Å². The first-order valence-corrected chi connectivity index (χ1v) is 9.80. The molecule has 1 aliphatic carbocycles. The van der Waals surface area contributed by atoms with E-state index < -0.39 is 18.1 Å². The van der Waals surface area contributed by atoms with E-state index in [1.807, 2.05) is 0 Å². The molecule has 9 nitrogen and oxygen atoms in total. The van der Waals surface area contributed by atoms with Gasteiger partial charge in [0.1, 0.15) is 12.1 Å². The Morgan fingerprint density at radius 3 is 2.71 bits per heavy atom. The van der Waals surface area contributed by atoms with Crippen molar-refractivity contribution in [2.45, 2.75) is 49.4 Å². The maximum Gasteiger partial charge on any atom is 0.413 e. The first-order valence-electron chi connectivity index (χ1n) is 8.58. The number of carboxylic acid groups (broad SMARTS) is 1. The summed E-state index contributed by atoms with van der Waals surface area (Å²) in [4.78, 5) is 25.4. The first kappa shape index (κ1) is 20.2. The number of alkyl halides is 2. The van der Waals surface area contributed by atoms with Gasteiger partial charge in [-0.3, -0.25) is 9.58 Å². The summed E-state index contributed by atoms with van der Waals surface area (Å²) < 4.78 is 34.1. The summed E-state index contributed by atoms with van der Waals surface area (Å²) in [7, 11) is 1.73. The molecule has 152 valence electrons. The molecule has 0 aliphatic heterocycles. The monoisotopic (exact) mass is 414 g/mol. The molecule has 0 spiro atoms. The van der Waals surface area contributed by atoms with Gasteiger partial charge in [-0.05, 0) is 19.1 Å². The lowest BCUT2D eigenvalue weighted by Crippen LogP contribution is -2.44. The topological polar surface area (TPSA) is 106 Å². The number of carbonyl (C=O) groups is 1. The van der Waals surface area contributed by atoms with Crippen molar-refractivity contribution in [2.75, 3.05) is 11.2 Å². The van der Waals surface area contributed by atoms with Gasteiger partial charge in [-0.1, -0.05) is 11.8 Å². The van der Waals surface area contributed by atoms with E-state index in [0.29, 0.717) is 11.0 Å². The van der Waals surface area contributed by atoms with Gasteiger partial charge in [0, 0.05) is 32.0 Å². The zero-order chi connectivity index (χ0) is 20.3. The minimum Gasteiger partial charge on any atom is -0.469 e. The lowest BCUT2D eigenvalue weighted by atomic mass is 9.91. The molecule has 28 heavy (non-hydrogen) atoms. The third-order valence-corrected chi connectivity index (χ3v) is 4.90. The quantitative estimate of drug-likeness (QED) is 0.568. The van der Waals surface area contributed by atoms with Crippen molar-refractivity contribution in [1.82, 2.24) is 24.7 Å². The number of rotatable bonds is 6. The average Bonchev–Trinajstić information content (AvgIpc) is 3.06. The van der Waals surface area contributed by atoms with Crippen LogP contribution in [0.15, 0.2) is 17.6 Å². The lowest BCUT2D eigenvalue weighted by Gasteiger charge is -2.34. The molecule has 1 saturated carbocycles. The number of nitrogens with zero attached hydrogens (tertiary/aromatic N) is 6. The minimum atomic E-state index is -2.75. The third kappa shape index (κ3) is 4.86. The molecule has 3 rings (SSSR count). The van der Waals surface area contributed by atoms with Crippen LogP contribution in [0.1, 0.15) is 31.5 Å². The fraction of sp³-hybridized carbons (Fsp3) is 0.562. The number of anilines is 1. The SMILES string of the molecule is CSc1nc(OCc2ncn(C)n2)cc(N(C(=O)O)C2CCC(F)(F)CC2)n1. The molecule has 2 aromatic rings. The molecule has 2 aromatic heterocycles. The van der Waals surface area contributed by atoms with Gasteiger partial charge in [0.25, 0.3) is 0 Å². The summed E-state index contributed by atoms with van der Waals surface area (Å²) in [6, 6.07) is 0.816. The molecule has 1 amide bonds. The molecular formula is C16H20F2N6O3S. The van der Waals surface area contributed by atoms with Crippen molar-refractivity contribution >= 4 is 23.7 Å². The first-order chi connectivity index (χ1) is 13.3. The Bertz CT molecular complexity index is 840. The number of ether oxygens (including phenoxy) is 1. The highest BCUT2D eigenvalue weighted by Crippen LogP contribution is 2.37. The van der Waals surface area contributed by atoms with Crippen LogP contribution < -0.4 is 9.64 Å². The van der Waals surface area contributed by atoms with Crippen molar-refractivity contribution in [3.8, 4) is 5.88 Å². The number of thioether (sulfide) groups is 1. The second-order valence-electron chi connectivity index (χ2n) is 6.41. The maximum atomic E-state index is 13.5. The largest absolute Gasteiger partial charge is 0.469 e. The lowest BCUT2D eigenvalue weighted by molar-refractivity contribution is -0.0379. The number of aryl methyl sites for hydroxylation is 1. The van der Waals surface area contributed by atoms with Crippen molar-refractivity contribution in [3.05, 3.63) is 18.2 Å². The number of amides is 1. The van der Waals surface area contributed by atoms with Gasteiger partial charge in [0.05, 0.1) is 0 Å². The van der Waals surface area contributed by atoms with Gasteiger partial charge in [-0.2, -0.15) is 10.1 Å². The molecule has 0 bridgehead atoms. The van der Waals surface area contributed by atoms with Gasteiger partial charge >= 0.3 is 6.09 Å². The highest BCUT2D eigenvalue weighted by Gasteiger charge is 2.39. The predicted octanol–water partition coefficient (Wildman–Crippen LogP) is 2.97. The summed E-state index contributed by atoms with van der Waals surface area (Å²) in [5.74, 6) is -2.04. The number of hydrogen-bond acceptors (Lipinski definition) is 7. The van der Waals surface area contributed by atoms with Crippen molar-refractivity contribution in [2.24, 2.45) is 7.05 Å². The summed E-state index contributed by atoms with van der Waals surface area (Å²) in [6.07, 6.45) is 1.45. The van der Waals surface area contributed by atoms with Crippen LogP contribution in [0.25, 0.3) is 0 Å². The number of hydrogen-bond donors (Lipinski definition) is 1. The zero-order valence-corrected chi connectivity index (χ0v) is 16.2. The summed E-state index contributed by atoms with van der Waals surface area (Å²) in [6.45, 7) is 0.0494. The van der Waals surface area contributed by atoms with Crippen LogP contribution in [0.2, 0.25) is 0 Å². The van der Waals surface area contributed by atoms with Gasteiger partial charge in [0.2, 0.25) is 11.8 Å². The Morgan fingerprint density at radius 2 is 2.14 bits per heavy atom. The Morgan fingerprint density at radius 1 is 1.43 bits per heavy atom. The minimum absolute atomic E-state index is 0.0494. The van der Waals surface area contributed by atoms with Crippen molar-refractivity contribution in [1.29, 1.82) is 0 Å². The van der Waals surface area contributed by atoms with Crippen LogP contribution in [-0.4, -0.2) is 54.2 Å². The average molecular weight is 414 g/mol. The molecule has 2 heterocycles. The molecule has 0 aromatic carbocycles. The standard InChI is InChI=1S/C16H20F2N6O3S/c1-23-9-19-11(22-23)8-27-13-7-12(20-14(21-13)28-2)24(15(25)26)10-3-5-16(17,18)6-4-10/h7,9-10H,3-6,8H2,1-2H3,(H,25,26). The third-order valence-electron chi connectivity index (χ3n) is 4.35. The number of aromatic nitrogens is 5. The Balaban J connectivity index is 1.82. The fourth-order valence-electron chi connectivity index (χ4n) is 2.99. The Hall–Kier alpha value is -2.50. The highest BCUT2D eigenvalue weighted by atomic mass is 32.2. The Kier molecular flexibility index (Phi) is 5.96. The number of halogens is 2. The fourth-order valence-corrected chi connectivity index (χ4v) is 3.36. The van der Waals surface area contributed by atoms with E-state index in [4.69, 9.17) is 4.74 Å². The molecule has 1 aliphatic rings. The van der Waals surface area contributed by atoms with Crippen LogP contribution in [0, 0.1) is 0 Å². The van der Waals surface area contributed by atoms with E-state index in [2.05, 4.69) is 20.1 Å². The predicted molar refractivity (Wildman–Crippen MR) is 96.9 cm³/mol. The molecular weight excluding hydrogens is 394 g/mol. The molecule has 12 heteroatoms. The van der Waals surface area contributed by atoms with Gasteiger partial charge in [0.15, 0.2) is 17.6 Å². The van der Waals surface area contributed by atoms with E-state index >= 15 is 0 Å². The van der Waals surface area contributed by atoms with Crippen LogP contribution in [0.3, 0.4) is 0 Å².